The SMILES string of the molecule is O=c1[nH]c2ccc(C#CCc3ccccc3)cc2cc1Cn1cccc1. The van der Waals surface area contributed by atoms with Gasteiger partial charge in [-0.05, 0) is 47.3 Å². The Bertz CT molecular complexity index is 1140. The van der Waals surface area contributed by atoms with E-state index in [4.69, 9.17) is 0 Å². The first kappa shape index (κ1) is 16.0. The third kappa shape index (κ3) is 3.60. The molecule has 0 aliphatic heterocycles. The van der Waals surface area contributed by atoms with E-state index < -0.39 is 0 Å². The third-order valence-electron chi connectivity index (χ3n) is 4.31. The number of hydrogen-bond acceptors (Lipinski definition) is 1. The molecule has 0 atom stereocenters. The number of fused-ring (bicyclic) bond motifs is 1. The Hall–Kier alpha value is -3.51. The van der Waals surface area contributed by atoms with Crippen LogP contribution in [0.1, 0.15) is 16.7 Å². The molecule has 3 nitrogen and oxygen atoms in total. The van der Waals surface area contributed by atoms with Gasteiger partial charge in [-0.25, -0.2) is 0 Å². The molecule has 26 heavy (non-hydrogen) atoms. The summed E-state index contributed by atoms with van der Waals surface area (Å²) in [5, 5.41) is 0.998. The molecule has 126 valence electrons. The Morgan fingerprint density at radius 1 is 0.923 bits per heavy atom. The van der Waals surface area contributed by atoms with Crippen LogP contribution in [0.25, 0.3) is 10.9 Å². The predicted molar refractivity (Wildman–Crippen MR) is 105 cm³/mol. The molecule has 0 fully saturated rings. The smallest absolute Gasteiger partial charge is 0.253 e. The Morgan fingerprint density at radius 3 is 2.54 bits per heavy atom. The van der Waals surface area contributed by atoms with Crippen LogP contribution < -0.4 is 5.56 Å². The van der Waals surface area contributed by atoms with Gasteiger partial charge in [0.15, 0.2) is 0 Å². The molecule has 0 aliphatic carbocycles. The zero-order valence-electron chi connectivity index (χ0n) is 14.3. The van der Waals surface area contributed by atoms with Gasteiger partial charge in [0, 0.05) is 35.5 Å². The minimum atomic E-state index is -0.0471. The van der Waals surface area contributed by atoms with Crippen molar-refractivity contribution in [2.24, 2.45) is 0 Å². The van der Waals surface area contributed by atoms with Gasteiger partial charge in [-0.1, -0.05) is 42.2 Å². The van der Waals surface area contributed by atoms with Gasteiger partial charge in [0.1, 0.15) is 0 Å². The average molecular weight is 338 g/mol. The van der Waals surface area contributed by atoms with Crippen LogP contribution >= 0.6 is 0 Å². The number of benzene rings is 2. The maximum atomic E-state index is 12.3. The minimum absolute atomic E-state index is 0.0471. The lowest BCUT2D eigenvalue weighted by Gasteiger charge is -2.05. The van der Waals surface area contributed by atoms with Crippen LogP contribution in [0.4, 0.5) is 0 Å². The summed E-state index contributed by atoms with van der Waals surface area (Å²) in [5.41, 5.74) is 3.68. The lowest BCUT2D eigenvalue weighted by atomic mass is 10.1. The van der Waals surface area contributed by atoms with Crippen LogP contribution in [0.2, 0.25) is 0 Å². The molecule has 0 saturated carbocycles. The fourth-order valence-electron chi connectivity index (χ4n) is 2.96. The van der Waals surface area contributed by atoms with E-state index in [-0.39, 0.29) is 5.56 Å². The molecule has 0 unspecified atom stereocenters. The van der Waals surface area contributed by atoms with E-state index in [1.165, 1.54) is 5.56 Å². The third-order valence-corrected chi connectivity index (χ3v) is 4.31. The zero-order valence-corrected chi connectivity index (χ0v) is 14.3. The van der Waals surface area contributed by atoms with Crippen LogP contribution in [0.15, 0.2) is 83.9 Å². The van der Waals surface area contributed by atoms with E-state index in [2.05, 4.69) is 29.0 Å². The number of nitrogens with one attached hydrogen (secondary N) is 1. The summed E-state index contributed by atoms with van der Waals surface area (Å²) >= 11 is 0. The Labute approximate surface area is 151 Å². The highest BCUT2D eigenvalue weighted by Crippen LogP contribution is 2.14. The fraction of sp³-hybridized carbons (Fsp3) is 0.0870. The molecule has 0 radical (unpaired) electrons. The highest BCUT2D eigenvalue weighted by Gasteiger charge is 2.04. The molecule has 2 heterocycles. The van der Waals surface area contributed by atoms with Crippen LogP contribution in [0.5, 0.6) is 0 Å². The molecular weight excluding hydrogens is 320 g/mol. The van der Waals surface area contributed by atoms with E-state index in [9.17, 15) is 4.79 Å². The first-order chi connectivity index (χ1) is 12.8. The molecule has 1 N–H and O–H groups in total. The molecule has 0 aliphatic rings. The molecule has 0 spiro atoms. The summed E-state index contributed by atoms with van der Waals surface area (Å²) < 4.78 is 1.99. The van der Waals surface area contributed by atoms with Crippen molar-refractivity contribution in [2.45, 2.75) is 13.0 Å². The second-order valence-corrected chi connectivity index (χ2v) is 6.25. The number of aromatic amines is 1. The minimum Gasteiger partial charge on any atom is -0.350 e. The Morgan fingerprint density at radius 2 is 1.73 bits per heavy atom. The quantitative estimate of drug-likeness (QED) is 0.564. The van der Waals surface area contributed by atoms with Crippen LogP contribution in [0.3, 0.4) is 0 Å². The summed E-state index contributed by atoms with van der Waals surface area (Å²) in [4.78, 5) is 15.2. The van der Waals surface area contributed by atoms with Gasteiger partial charge >= 0.3 is 0 Å². The maximum absolute atomic E-state index is 12.3. The van der Waals surface area contributed by atoms with Crippen molar-refractivity contribution in [1.29, 1.82) is 0 Å². The van der Waals surface area contributed by atoms with Gasteiger partial charge in [-0.15, -0.1) is 0 Å². The van der Waals surface area contributed by atoms with Crippen molar-refractivity contribution in [3.63, 3.8) is 0 Å². The zero-order chi connectivity index (χ0) is 17.8. The standard InChI is InChI=1S/C23H18N2O/c26-23-21(17-25-13-4-5-14-25)16-20-15-19(11-12-22(20)24-23)10-6-9-18-7-2-1-3-8-18/h1-5,7-8,11-16H,9,17H2,(H,24,26). The van der Waals surface area contributed by atoms with E-state index in [1.54, 1.807) is 0 Å². The van der Waals surface area contributed by atoms with Gasteiger partial charge < -0.3 is 9.55 Å². The van der Waals surface area contributed by atoms with Crippen molar-refractivity contribution < 1.29 is 0 Å². The molecule has 0 amide bonds. The van der Waals surface area contributed by atoms with Crippen LogP contribution in [-0.2, 0) is 13.0 Å². The predicted octanol–water partition coefficient (Wildman–Crippen LogP) is 3.97. The van der Waals surface area contributed by atoms with Crippen LogP contribution in [-0.4, -0.2) is 9.55 Å². The molecule has 3 heteroatoms. The van der Waals surface area contributed by atoms with Crippen molar-refractivity contribution in [1.82, 2.24) is 9.55 Å². The average Bonchev–Trinajstić information content (AvgIpc) is 3.17. The Balaban J connectivity index is 1.62. The van der Waals surface area contributed by atoms with Gasteiger partial charge in [0.05, 0.1) is 6.54 Å². The van der Waals surface area contributed by atoms with Crippen LogP contribution in [0, 0.1) is 11.8 Å². The maximum Gasteiger partial charge on any atom is 0.253 e. The number of pyridine rings is 1. The molecule has 0 saturated heterocycles. The first-order valence-electron chi connectivity index (χ1n) is 8.57. The lowest BCUT2D eigenvalue weighted by Crippen LogP contribution is -2.14. The van der Waals surface area contributed by atoms with Crippen molar-refractivity contribution in [3.8, 4) is 11.8 Å². The molecule has 2 aromatic heterocycles. The largest absolute Gasteiger partial charge is 0.350 e. The summed E-state index contributed by atoms with van der Waals surface area (Å²) in [6.07, 6.45) is 4.63. The second-order valence-electron chi connectivity index (χ2n) is 6.25. The summed E-state index contributed by atoms with van der Waals surface area (Å²) in [5.74, 6) is 6.44. The molecule has 4 rings (SSSR count). The normalized spacial score (nSPS) is 10.5. The molecule has 2 aromatic carbocycles. The first-order valence-corrected chi connectivity index (χ1v) is 8.57. The van der Waals surface area contributed by atoms with E-state index in [0.29, 0.717) is 6.54 Å². The monoisotopic (exact) mass is 338 g/mol. The van der Waals surface area contributed by atoms with Crippen molar-refractivity contribution in [2.75, 3.05) is 0 Å². The number of hydrogen-bond donors (Lipinski definition) is 1. The number of nitrogens with zero attached hydrogens (tertiary/aromatic N) is 1. The van der Waals surface area contributed by atoms with E-state index in [0.717, 1.165) is 28.5 Å². The summed E-state index contributed by atoms with van der Waals surface area (Å²) in [6.45, 7) is 0.558. The van der Waals surface area contributed by atoms with E-state index >= 15 is 0 Å². The van der Waals surface area contributed by atoms with Gasteiger partial charge in [-0.3, -0.25) is 4.79 Å². The highest BCUT2D eigenvalue weighted by atomic mass is 16.1. The van der Waals surface area contributed by atoms with Gasteiger partial charge in [0.2, 0.25) is 0 Å². The summed E-state index contributed by atoms with van der Waals surface area (Å²) in [6, 6.07) is 22.0. The van der Waals surface area contributed by atoms with E-state index in [1.807, 2.05) is 71.6 Å². The Kier molecular flexibility index (Phi) is 4.40. The van der Waals surface area contributed by atoms with Gasteiger partial charge in [0.25, 0.3) is 5.56 Å². The highest BCUT2D eigenvalue weighted by molar-refractivity contribution is 5.80. The lowest BCUT2D eigenvalue weighted by molar-refractivity contribution is 0.796. The molecule has 4 aromatic rings. The second kappa shape index (κ2) is 7.16. The molecule has 0 bridgehead atoms. The molecular formula is C23H18N2O. The number of rotatable bonds is 3. The topological polar surface area (TPSA) is 37.8 Å². The summed E-state index contributed by atoms with van der Waals surface area (Å²) in [7, 11) is 0. The number of H-pyrrole nitrogens is 1. The number of aromatic nitrogens is 2. The van der Waals surface area contributed by atoms with Crippen molar-refractivity contribution in [3.05, 3.63) is 106 Å². The fourth-order valence-corrected chi connectivity index (χ4v) is 2.96. The van der Waals surface area contributed by atoms with Gasteiger partial charge in [-0.2, -0.15) is 0 Å². The van der Waals surface area contributed by atoms with Crippen molar-refractivity contribution >= 4 is 10.9 Å².